The summed E-state index contributed by atoms with van der Waals surface area (Å²) in [5.41, 5.74) is 0. The molecule has 0 N–H and O–H groups in total. The zero-order chi connectivity index (χ0) is 16.0. The van der Waals surface area contributed by atoms with Crippen LogP contribution in [0.4, 0.5) is 0 Å². The van der Waals surface area contributed by atoms with Crippen molar-refractivity contribution in [2.75, 3.05) is 0 Å². The smallest absolute Gasteiger partial charge is 0.305 e. The third kappa shape index (κ3) is 2.58. The minimum atomic E-state index is -3.64. The third-order valence-corrected chi connectivity index (χ3v) is 7.56. The van der Waals surface area contributed by atoms with Crippen LogP contribution < -0.4 is 0 Å². The van der Waals surface area contributed by atoms with E-state index >= 15 is 0 Å². The molecule has 7 heteroatoms. The van der Waals surface area contributed by atoms with E-state index in [2.05, 4.69) is 0 Å². The number of hydrogen-bond donors (Lipinski definition) is 0. The molecule has 4 unspecified atom stereocenters. The van der Waals surface area contributed by atoms with E-state index < -0.39 is 18.8 Å². The summed E-state index contributed by atoms with van der Waals surface area (Å²) in [6, 6.07) is -0.921. The second kappa shape index (κ2) is 5.49. The molecular formula is C14H24NO5P. The van der Waals surface area contributed by atoms with Crippen molar-refractivity contribution < 1.29 is 18.5 Å². The minimum absolute atomic E-state index is 0.138. The SMILES string of the molecule is CC(C)OP(=O)(OC(C)C)C1(C)C2C=CC(C2)C1[N+](=O)[O-]. The molecule has 120 valence electrons. The Balaban J connectivity index is 2.48. The van der Waals surface area contributed by atoms with E-state index in [1.807, 2.05) is 12.2 Å². The molecule has 0 heterocycles. The highest BCUT2D eigenvalue weighted by Gasteiger charge is 2.70. The summed E-state index contributed by atoms with van der Waals surface area (Å²) in [4.78, 5) is 11.3. The van der Waals surface area contributed by atoms with Gasteiger partial charge in [0.05, 0.1) is 12.2 Å². The van der Waals surface area contributed by atoms with E-state index in [1.165, 1.54) is 0 Å². The minimum Gasteiger partial charge on any atom is -0.305 e. The fraction of sp³-hybridized carbons (Fsp3) is 0.857. The molecule has 0 amide bonds. The van der Waals surface area contributed by atoms with Gasteiger partial charge in [-0.1, -0.05) is 12.2 Å². The first-order chi connectivity index (χ1) is 9.61. The molecule has 1 fully saturated rings. The number of nitrogens with zero attached hydrogens (tertiary/aromatic N) is 1. The third-order valence-electron chi connectivity index (χ3n) is 4.39. The van der Waals surface area contributed by atoms with Crippen molar-refractivity contribution in [2.45, 2.75) is 64.4 Å². The van der Waals surface area contributed by atoms with Gasteiger partial charge in [-0.05, 0) is 41.0 Å². The maximum Gasteiger partial charge on any atom is 0.344 e. The fourth-order valence-electron chi connectivity index (χ4n) is 3.59. The van der Waals surface area contributed by atoms with Gasteiger partial charge < -0.3 is 9.05 Å². The van der Waals surface area contributed by atoms with E-state index in [1.54, 1.807) is 34.6 Å². The molecule has 0 aromatic rings. The lowest BCUT2D eigenvalue weighted by molar-refractivity contribution is -0.532. The second-order valence-electron chi connectivity index (χ2n) is 6.65. The summed E-state index contributed by atoms with van der Waals surface area (Å²) < 4.78 is 24.8. The van der Waals surface area contributed by atoms with Crippen molar-refractivity contribution in [3.63, 3.8) is 0 Å². The normalized spacial score (nSPS) is 35.1. The summed E-state index contributed by atoms with van der Waals surface area (Å²) in [5.74, 6) is -0.323. The van der Waals surface area contributed by atoms with Crippen LogP contribution in [0.25, 0.3) is 0 Å². The molecule has 0 aliphatic heterocycles. The Morgan fingerprint density at radius 2 is 1.76 bits per heavy atom. The largest absolute Gasteiger partial charge is 0.344 e. The molecule has 0 aromatic carbocycles. The predicted molar refractivity (Wildman–Crippen MR) is 80.0 cm³/mol. The highest BCUT2D eigenvalue weighted by molar-refractivity contribution is 7.55. The molecule has 2 bridgehead atoms. The Bertz CT molecular complexity index is 490. The summed E-state index contributed by atoms with van der Waals surface area (Å²) in [6.07, 6.45) is 3.82. The lowest BCUT2D eigenvalue weighted by atomic mass is 9.90. The zero-order valence-electron chi connectivity index (χ0n) is 13.2. The number of hydrogen-bond acceptors (Lipinski definition) is 5. The lowest BCUT2D eigenvalue weighted by Crippen LogP contribution is -2.48. The van der Waals surface area contributed by atoms with Crippen LogP contribution in [0.2, 0.25) is 0 Å². The number of fused-ring (bicyclic) bond motifs is 2. The molecule has 0 spiro atoms. The molecule has 21 heavy (non-hydrogen) atoms. The average Bonchev–Trinajstić information content (AvgIpc) is 2.85. The van der Waals surface area contributed by atoms with Crippen LogP contribution >= 0.6 is 7.60 Å². The summed E-state index contributed by atoms with van der Waals surface area (Å²) in [6.45, 7) is 8.77. The summed E-state index contributed by atoms with van der Waals surface area (Å²) in [7, 11) is -3.64. The standard InChI is InChI=1S/C14H24NO5P/c1-9(2)19-21(18,20-10(3)4)14(5)12-7-6-11(8-12)13(14)15(16)17/h6-7,9-13H,8H2,1-5H3. The van der Waals surface area contributed by atoms with Crippen LogP contribution in [-0.4, -0.2) is 28.3 Å². The van der Waals surface area contributed by atoms with E-state index in [4.69, 9.17) is 9.05 Å². The molecule has 0 saturated heterocycles. The van der Waals surface area contributed by atoms with E-state index in [9.17, 15) is 14.7 Å². The summed E-state index contributed by atoms with van der Waals surface area (Å²) in [5, 5.41) is 10.5. The van der Waals surface area contributed by atoms with Crippen molar-refractivity contribution in [1.82, 2.24) is 0 Å². The van der Waals surface area contributed by atoms with Crippen molar-refractivity contribution >= 4 is 7.60 Å². The number of allylic oxidation sites excluding steroid dienone is 1. The van der Waals surface area contributed by atoms with E-state index in [-0.39, 0.29) is 29.0 Å². The van der Waals surface area contributed by atoms with Gasteiger partial charge in [0.1, 0.15) is 5.16 Å². The van der Waals surface area contributed by atoms with Crippen LogP contribution in [0.15, 0.2) is 12.2 Å². The van der Waals surface area contributed by atoms with Gasteiger partial charge in [-0.2, -0.15) is 0 Å². The lowest BCUT2D eigenvalue weighted by Gasteiger charge is -2.40. The fourth-order valence-corrected chi connectivity index (χ4v) is 6.41. The van der Waals surface area contributed by atoms with Gasteiger partial charge in [0, 0.05) is 16.8 Å². The highest BCUT2D eigenvalue weighted by atomic mass is 31.2. The maximum absolute atomic E-state index is 13.5. The number of nitro groups is 1. The predicted octanol–water partition coefficient (Wildman–Crippen LogP) is 3.64. The van der Waals surface area contributed by atoms with E-state index in [0.717, 1.165) is 0 Å². The molecule has 6 nitrogen and oxygen atoms in total. The van der Waals surface area contributed by atoms with Crippen LogP contribution in [0.5, 0.6) is 0 Å². The topological polar surface area (TPSA) is 78.7 Å². The second-order valence-corrected chi connectivity index (χ2v) is 9.03. The van der Waals surface area contributed by atoms with Gasteiger partial charge in [-0.15, -0.1) is 0 Å². The molecule has 1 saturated carbocycles. The van der Waals surface area contributed by atoms with Crippen LogP contribution in [0.1, 0.15) is 41.0 Å². The van der Waals surface area contributed by atoms with Gasteiger partial charge in [0.15, 0.2) is 0 Å². The Hall–Kier alpha value is -0.710. The van der Waals surface area contributed by atoms with Gasteiger partial charge in [0.2, 0.25) is 6.04 Å². The highest BCUT2D eigenvalue weighted by Crippen LogP contribution is 2.71. The van der Waals surface area contributed by atoms with Crippen molar-refractivity contribution in [3.8, 4) is 0 Å². The first kappa shape index (κ1) is 16.7. The summed E-state index contributed by atoms with van der Waals surface area (Å²) >= 11 is 0. The Kier molecular flexibility index (Phi) is 4.35. The van der Waals surface area contributed by atoms with Crippen molar-refractivity contribution in [1.29, 1.82) is 0 Å². The Morgan fingerprint density at radius 1 is 1.24 bits per heavy atom. The molecule has 0 radical (unpaired) electrons. The quantitative estimate of drug-likeness (QED) is 0.323. The molecule has 2 rings (SSSR count). The first-order valence-corrected chi connectivity index (χ1v) is 8.95. The van der Waals surface area contributed by atoms with Crippen LogP contribution in [0.3, 0.4) is 0 Å². The van der Waals surface area contributed by atoms with Gasteiger partial charge >= 0.3 is 7.60 Å². The van der Waals surface area contributed by atoms with Gasteiger partial charge in [0.25, 0.3) is 0 Å². The average molecular weight is 317 g/mol. The monoisotopic (exact) mass is 317 g/mol. The van der Waals surface area contributed by atoms with Crippen LogP contribution in [0, 0.1) is 22.0 Å². The molecular weight excluding hydrogens is 293 g/mol. The molecule has 2 aliphatic carbocycles. The zero-order valence-corrected chi connectivity index (χ0v) is 14.1. The Labute approximate surface area is 125 Å². The maximum atomic E-state index is 13.5. The molecule has 4 atom stereocenters. The first-order valence-electron chi connectivity index (χ1n) is 7.40. The number of rotatable bonds is 6. The Morgan fingerprint density at radius 3 is 2.19 bits per heavy atom. The van der Waals surface area contributed by atoms with Gasteiger partial charge in [-0.25, -0.2) is 0 Å². The molecule has 2 aliphatic rings. The molecule has 0 aromatic heterocycles. The van der Waals surface area contributed by atoms with Crippen molar-refractivity contribution in [3.05, 3.63) is 22.3 Å². The van der Waals surface area contributed by atoms with Gasteiger partial charge in [-0.3, -0.25) is 14.7 Å². The van der Waals surface area contributed by atoms with Crippen LogP contribution in [-0.2, 0) is 13.6 Å². The van der Waals surface area contributed by atoms with E-state index in [0.29, 0.717) is 6.42 Å². The van der Waals surface area contributed by atoms with Crippen molar-refractivity contribution in [2.24, 2.45) is 11.8 Å².